The SMILES string of the molecule is CCSc1ccccc1NC(=O)COCC(=O)O. The molecule has 0 saturated carbocycles. The van der Waals surface area contributed by atoms with Crippen LogP contribution in [0.25, 0.3) is 0 Å². The van der Waals surface area contributed by atoms with Gasteiger partial charge in [-0.05, 0) is 17.9 Å². The summed E-state index contributed by atoms with van der Waals surface area (Å²) >= 11 is 1.62. The molecular formula is C12H15NO4S. The van der Waals surface area contributed by atoms with Crippen LogP contribution in [0.3, 0.4) is 0 Å². The van der Waals surface area contributed by atoms with E-state index >= 15 is 0 Å². The molecule has 0 heterocycles. The predicted molar refractivity (Wildman–Crippen MR) is 69.9 cm³/mol. The highest BCUT2D eigenvalue weighted by Crippen LogP contribution is 2.26. The molecule has 5 nitrogen and oxygen atoms in total. The first-order chi connectivity index (χ1) is 8.63. The van der Waals surface area contributed by atoms with Gasteiger partial charge in [-0.25, -0.2) is 4.79 Å². The number of benzene rings is 1. The molecule has 0 spiro atoms. The number of carboxylic acids is 1. The van der Waals surface area contributed by atoms with Crippen LogP contribution in [0.4, 0.5) is 5.69 Å². The Balaban J connectivity index is 2.50. The van der Waals surface area contributed by atoms with E-state index in [1.54, 1.807) is 17.8 Å². The summed E-state index contributed by atoms with van der Waals surface area (Å²) in [5.74, 6) is -0.548. The summed E-state index contributed by atoms with van der Waals surface area (Å²) in [7, 11) is 0. The molecule has 98 valence electrons. The lowest BCUT2D eigenvalue weighted by Crippen LogP contribution is -2.21. The zero-order chi connectivity index (χ0) is 13.4. The summed E-state index contributed by atoms with van der Waals surface area (Å²) < 4.78 is 4.71. The van der Waals surface area contributed by atoms with E-state index < -0.39 is 12.6 Å². The third-order valence-electron chi connectivity index (χ3n) is 1.92. The van der Waals surface area contributed by atoms with Crippen molar-refractivity contribution in [1.29, 1.82) is 0 Å². The van der Waals surface area contributed by atoms with Crippen LogP contribution in [-0.2, 0) is 14.3 Å². The third-order valence-corrected chi connectivity index (χ3v) is 2.88. The van der Waals surface area contributed by atoms with Gasteiger partial charge in [0, 0.05) is 4.90 Å². The van der Waals surface area contributed by atoms with Crippen LogP contribution in [0.15, 0.2) is 29.2 Å². The van der Waals surface area contributed by atoms with Crippen LogP contribution in [-0.4, -0.2) is 35.9 Å². The number of amides is 1. The Morgan fingerprint density at radius 2 is 2.06 bits per heavy atom. The average Bonchev–Trinajstić information content (AvgIpc) is 2.31. The number of aliphatic carboxylic acids is 1. The van der Waals surface area contributed by atoms with Crippen LogP contribution in [0.5, 0.6) is 0 Å². The van der Waals surface area contributed by atoms with Crippen molar-refractivity contribution in [2.24, 2.45) is 0 Å². The second-order valence-electron chi connectivity index (χ2n) is 3.36. The standard InChI is InChI=1S/C12H15NO4S/c1-2-18-10-6-4-3-5-9(10)13-11(14)7-17-8-12(15)16/h3-6H,2,7-8H2,1H3,(H,13,14)(H,15,16). The number of nitrogens with one attached hydrogen (secondary N) is 1. The third kappa shape index (κ3) is 5.20. The van der Waals surface area contributed by atoms with Gasteiger partial charge < -0.3 is 15.2 Å². The minimum Gasteiger partial charge on any atom is -0.480 e. The van der Waals surface area contributed by atoms with Gasteiger partial charge in [0.1, 0.15) is 13.2 Å². The molecule has 0 unspecified atom stereocenters. The molecule has 1 rings (SSSR count). The fraction of sp³-hybridized carbons (Fsp3) is 0.333. The summed E-state index contributed by atoms with van der Waals surface area (Å²) in [6.07, 6.45) is 0. The molecule has 0 saturated heterocycles. The first-order valence-electron chi connectivity index (χ1n) is 5.44. The van der Waals surface area contributed by atoms with Gasteiger partial charge in [-0.3, -0.25) is 4.79 Å². The minimum absolute atomic E-state index is 0.266. The number of hydrogen-bond donors (Lipinski definition) is 2. The lowest BCUT2D eigenvalue weighted by molar-refractivity contribution is -0.143. The van der Waals surface area contributed by atoms with Crippen LogP contribution in [0.1, 0.15) is 6.92 Å². The minimum atomic E-state index is -1.09. The first-order valence-corrected chi connectivity index (χ1v) is 6.43. The monoisotopic (exact) mass is 269 g/mol. The lowest BCUT2D eigenvalue weighted by atomic mass is 10.3. The van der Waals surface area contributed by atoms with Gasteiger partial charge in [-0.15, -0.1) is 11.8 Å². The van der Waals surface area contributed by atoms with Gasteiger partial charge in [-0.1, -0.05) is 19.1 Å². The number of carboxylic acid groups (broad SMARTS) is 1. The van der Waals surface area contributed by atoms with Crippen molar-refractivity contribution in [1.82, 2.24) is 0 Å². The molecule has 1 aromatic carbocycles. The Hall–Kier alpha value is -1.53. The van der Waals surface area contributed by atoms with Crippen LogP contribution in [0, 0.1) is 0 Å². The van der Waals surface area contributed by atoms with E-state index in [-0.39, 0.29) is 12.5 Å². The maximum atomic E-state index is 11.5. The molecule has 18 heavy (non-hydrogen) atoms. The smallest absolute Gasteiger partial charge is 0.329 e. The molecule has 6 heteroatoms. The fourth-order valence-corrected chi connectivity index (χ4v) is 2.03. The highest BCUT2D eigenvalue weighted by atomic mass is 32.2. The molecule has 0 radical (unpaired) electrons. The van der Waals surface area contributed by atoms with Gasteiger partial charge in [0.25, 0.3) is 0 Å². The summed E-state index contributed by atoms with van der Waals surface area (Å²) in [6.45, 7) is 1.29. The van der Waals surface area contributed by atoms with Crippen LogP contribution in [0.2, 0.25) is 0 Å². The quantitative estimate of drug-likeness (QED) is 0.739. The molecule has 1 amide bonds. The summed E-state index contributed by atoms with van der Waals surface area (Å²) in [4.78, 5) is 22.7. The zero-order valence-corrected chi connectivity index (χ0v) is 10.8. The van der Waals surface area contributed by atoms with Gasteiger partial charge in [0.15, 0.2) is 0 Å². The van der Waals surface area contributed by atoms with E-state index in [1.807, 2.05) is 25.1 Å². The molecular weight excluding hydrogens is 254 g/mol. The van der Waals surface area contributed by atoms with Crippen molar-refractivity contribution >= 4 is 29.3 Å². The Morgan fingerprint density at radius 3 is 2.72 bits per heavy atom. The molecule has 0 atom stereocenters. The van der Waals surface area contributed by atoms with Gasteiger partial charge >= 0.3 is 5.97 Å². The summed E-state index contributed by atoms with van der Waals surface area (Å²) in [5, 5.41) is 11.1. The molecule has 1 aromatic rings. The maximum absolute atomic E-state index is 11.5. The predicted octanol–water partition coefficient (Wildman–Crippen LogP) is 1.84. The molecule has 0 aromatic heterocycles. The Kier molecular flexibility index (Phi) is 6.24. The number of ether oxygens (including phenoxy) is 1. The van der Waals surface area contributed by atoms with Crippen molar-refractivity contribution in [2.75, 3.05) is 24.3 Å². The summed E-state index contributed by atoms with van der Waals surface area (Å²) in [6, 6.07) is 7.44. The lowest BCUT2D eigenvalue weighted by Gasteiger charge is -2.09. The Morgan fingerprint density at radius 1 is 1.33 bits per heavy atom. The van der Waals surface area contributed by atoms with Crippen molar-refractivity contribution in [3.05, 3.63) is 24.3 Å². The molecule has 0 aliphatic rings. The number of hydrogen-bond acceptors (Lipinski definition) is 4. The number of thioether (sulfide) groups is 1. The number of carbonyl (C=O) groups is 2. The number of carbonyl (C=O) groups excluding carboxylic acids is 1. The zero-order valence-electron chi connectivity index (χ0n) is 10.0. The highest BCUT2D eigenvalue weighted by molar-refractivity contribution is 7.99. The molecule has 0 aliphatic carbocycles. The van der Waals surface area contributed by atoms with Crippen molar-refractivity contribution in [2.45, 2.75) is 11.8 Å². The maximum Gasteiger partial charge on any atom is 0.329 e. The Labute approximate surface area is 110 Å². The number of para-hydroxylation sites is 1. The number of rotatable bonds is 7. The van der Waals surface area contributed by atoms with Crippen LogP contribution < -0.4 is 5.32 Å². The average molecular weight is 269 g/mol. The largest absolute Gasteiger partial charge is 0.480 e. The Bertz CT molecular complexity index is 422. The highest BCUT2D eigenvalue weighted by Gasteiger charge is 2.07. The van der Waals surface area contributed by atoms with Crippen molar-refractivity contribution in [3.63, 3.8) is 0 Å². The summed E-state index contributed by atoms with van der Waals surface area (Å²) in [5.41, 5.74) is 0.716. The van der Waals surface area contributed by atoms with Crippen LogP contribution >= 0.6 is 11.8 Å². The molecule has 0 bridgehead atoms. The van der Waals surface area contributed by atoms with E-state index in [9.17, 15) is 9.59 Å². The van der Waals surface area contributed by atoms with Crippen molar-refractivity contribution in [3.8, 4) is 0 Å². The van der Waals surface area contributed by atoms with Gasteiger partial charge in [0.2, 0.25) is 5.91 Å². The number of anilines is 1. The molecule has 2 N–H and O–H groups in total. The molecule has 0 fully saturated rings. The van der Waals surface area contributed by atoms with E-state index in [1.165, 1.54) is 0 Å². The van der Waals surface area contributed by atoms with E-state index in [4.69, 9.17) is 9.84 Å². The topological polar surface area (TPSA) is 75.6 Å². The van der Waals surface area contributed by atoms with Gasteiger partial charge in [-0.2, -0.15) is 0 Å². The second kappa shape index (κ2) is 7.73. The van der Waals surface area contributed by atoms with E-state index in [0.29, 0.717) is 5.69 Å². The first kappa shape index (κ1) is 14.5. The van der Waals surface area contributed by atoms with E-state index in [0.717, 1.165) is 10.6 Å². The van der Waals surface area contributed by atoms with E-state index in [2.05, 4.69) is 5.32 Å². The normalized spacial score (nSPS) is 10.1. The molecule has 0 aliphatic heterocycles. The fourth-order valence-electron chi connectivity index (χ4n) is 1.27. The van der Waals surface area contributed by atoms with Crippen molar-refractivity contribution < 1.29 is 19.4 Å². The second-order valence-corrected chi connectivity index (χ2v) is 4.67. The van der Waals surface area contributed by atoms with Gasteiger partial charge in [0.05, 0.1) is 5.69 Å².